The maximum Gasteiger partial charge on any atom is 0.276 e. The van der Waals surface area contributed by atoms with Gasteiger partial charge in [0.05, 0.1) is 17.7 Å². The maximum absolute atomic E-state index is 13.0. The van der Waals surface area contributed by atoms with Gasteiger partial charge in [-0.25, -0.2) is 4.52 Å². The van der Waals surface area contributed by atoms with Crippen LogP contribution in [0.25, 0.3) is 16.8 Å². The molecule has 1 amide bonds. The van der Waals surface area contributed by atoms with Gasteiger partial charge in [0.25, 0.3) is 5.56 Å². The Morgan fingerprint density at radius 3 is 2.55 bits per heavy atom. The number of nitrogens with zero attached hydrogens (tertiary/aromatic N) is 3. The fourth-order valence-electron chi connectivity index (χ4n) is 4.22. The van der Waals surface area contributed by atoms with Gasteiger partial charge in [-0.05, 0) is 55.7 Å². The Kier molecular flexibility index (Phi) is 5.46. The van der Waals surface area contributed by atoms with Crippen molar-refractivity contribution in [3.63, 3.8) is 0 Å². The average Bonchev–Trinajstić information content (AvgIpc) is 3.55. The van der Waals surface area contributed by atoms with E-state index in [0.29, 0.717) is 25.2 Å². The Labute approximate surface area is 191 Å². The van der Waals surface area contributed by atoms with Crippen molar-refractivity contribution in [1.82, 2.24) is 19.5 Å². The summed E-state index contributed by atoms with van der Waals surface area (Å²) in [5, 5.41) is 7.56. The molecule has 168 valence electrons. The molecule has 7 nitrogen and oxygen atoms in total. The van der Waals surface area contributed by atoms with Gasteiger partial charge in [-0.1, -0.05) is 30.3 Å². The van der Waals surface area contributed by atoms with Crippen LogP contribution >= 0.6 is 0 Å². The van der Waals surface area contributed by atoms with Crippen LogP contribution in [-0.2, 0) is 16.8 Å². The van der Waals surface area contributed by atoms with Crippen molar-refractivity contribution in [3.8, 4) is 17.0 Å². The second-order valence-electron chi connectivity index (χ2n) is 8.32. The molecule has 2 heterocycles. The molecular weight excluding hydrogens is 416 g/mol. The van der Waals surface area contributed by atoms with Crippen molar-refractivity contribution >= 4 is 11.4 Å². The molecule has 1 fully saturated rings. The van der Waals surface area contributed by atoms with E-state index in [0.717, 1.165) is 35.4 Å². The van der Waals surface area contributed by atoms with Crippen molar-refractivity contribution in [2.24, 2.45) is 0 Å². The molecule has 1 saturated carbocycles. The number of hydrogen-bond acceptors (Lipinski definition) is 4. The molecule has 0 saturated heterocycles. The zero-order valence-electron chi connectivity index (χ0n) is 18.5. The van der Waals surface area contributed by atoms with Crippen LogP contribution < -0.4 is 15.6 Å². The van der Waals surface area contributed by atoms with Gasteiger partial charge in [0.15, 0.2) is 0 Å². The first kappa shape index (κ1) is 21.0. The summed E-state index contributed by atoms with van der Waals surface area (Å²) in [5.41, 5.74) is 2.64. The summed E-state index contributed by atoms with van der Waals surface area (Å²) in [4.78, 5) is 25.8. The predicted octanol–water partition coefficient (Wildman–Crippen LogP) is 3.41. The Balaban J connectivity index is 1.28. The molecule has 1 aliphatic carbocycles. The van der Waals surface area contributed by atoms with Crippen LogP contribution in [0.15, 0.2) is 77.9 Å². The molecule has 0 aliphatic heterocycles. The minimum absolute atomic E-state index is 0.0324. The zero-order valence-corrected chi connectivity index (χ0v) is 18.5. The molecule has 0 bridgehead atoms. The lowest BCUT2D eigenvalue weighted by Gasteiger charge is -2.16. The first-order valence-electron chi connectivity index (χ1n) is 11.3. The third-order valence-electron chi connectivity index (χ3n) is 6.21. The number of hydrogen-bond donors (Lipinski definition) is 1. The second-order valence-corrected chi connectivity index (χ2v) is 8.32. The summed E-state index contributed by atoms with van der Waals surface area (Å²) in [5.74, 6) is 0.833. The molecule has 33 heavy (non-hydrogen) atoms. The molecule has 0 spiro atoms. The largest absolute Gasteiger partial charge is 0.494 e. The molecule has 1 aliphatic rings. The van der Waals surface area contributed by atoms with Gasteiger partial charge in [0.2, 0.25) is 5.91 Å². The number of carbonyl (C=O) groups is 1. The van der Waals surface area contributed by atoms with Crippen LogP contribution in [0.3, 0.4) is 0 Å². The molecule has 2 aromatic heterocycles. The summed E-state index contributed by atoms with van der Waals surface area (Å²) in [7, 11) is 0. The topological polar surface area (TPSA) is 77.6 Å². The highest BCUT2D eigenvalue weighted by molar-refractivity contribution is 5.91. The summed E-state index contributed by atoms with van der Waals surface area (Å²) in [6.45, 7) is 3.35. The Morgan fingerprint density at radius 1 is 1.09 bits per heavy atom. The molecule has 4 aromatic rings. The minimum Gasteiger partial charge on any atom is -0.494 e. The highest BCUT2D eigenvalue weighted by Crippen LogP contribution is 2.48. The Morgan fingerprint density at radius 2 is 1.85 bits per heavy atom. The zero-order chi connectivity index (χ0) is 22.8. The van der Waals surface area contributed by atoms with E-state index in [2.05, 4.69) is 10.4 Å². The van der Waals surface area contributed by atoms with E-state index in [1.165, 1.54) is 0 Å². The molecule has 1 N–H and O–H groups in total. The minimum atomic E-state index is -0.408. The van der Waals surface area contributed by atoms with E-state index in [1.807, 2.05) is 61.5 Å². The summed E-state index contributed by atoms with van der Waals surface area (Å²) in [6.07, 6.45) is 5.20. The van der Waals surface area contributed by atoms with E-state index < -0.39 is 5.41 Å². The number of nitrogens with one attached hydrogen (secondary N) is 1. The van der Waals surface area contributed by atoms with E-state index in [4.69, 9.17) is 4.74 Å². The van der Waals surface area contributed by atoms with Crippen molar-refractivity contribution in [1.29, 1.82) is 0 Å². The summed E-state index contributed by atoms with van der Waals surface area (Å²) in [6, 6.07) is 19.3. The molecule has 7 heteroatoms. The molecule has 0 radical (unpaired) electrons. The highest BCUT2D eigenvalue weighted by Gasteiger charge is 2.50. The quantitative estimate of drug-likeness (QED) is 0.454. The molecule has 2 aromatic carbocycles. The third-order valence-corrected chi connectivity index (χ3v) is 6.21. The van der Waals surface area contributed by atoms with E-state index in [-0.39, 0.29) is 11.5 Å². The van der Waals surface area contributed by atoms with Crippen LogP contribution in [0, 0.1) is 0 Å². The smallest absolute Gasteiger partial charge is 0.276 e. The number of carbonyl (C=O) groups excluding carboxylic acids is 1. The van der Waals surface area contributed by atoms with E-state index in [9.17, 15) is 9.59 Å². The SMILES string of the molecule is CCOc1ccc(-c2cc3c(=O)n(CCNC(=O)C4(c5ccccc5)CC4)ccn3n2)cc1. The van der Waals surface area contributed by atoms with E-state index >= 15 is 0 Å². The third kappa shape index (κ3) is 4.02. The monoisotopic (exact) mass is 442 g/mol. The molecule has 5 rings (SSSR count). The van der Waals surface area contributed by atoms with Crippen LogP contribution in [-0.4, -0.2) is 33.2 Å². The van der Waals surface area contributed by atoms with Gasteiger partial charge in [-0.3, -0.25) is 9.59 Å². The van der Waals surface area contributed by atoms with Crippen molar-refractivity contribution < 1.29 is 9.53 Å². The summed E-state index contributed by atoms with van der Waals surface area (Å²) >= 11 is 0. The Bertz CT molecular complexity index is 1340. The van der Waals surface area contributed by atoms with Gasteiger partial charge in [-0.15, -0.1) is 0 Å². The fourth-order valence-corrected chi connectivity index (χ4v) is 4.22. The number of aromatic nitrogens is 3. The van der Waals surface area contributed by atoms with E-state index in [1.54, 1.807) is 27.5 Å². The van der Waals surface area contributed by atoms with Gasteiger partial charge in [0, 0.05) is 31.0 Å². The number of rotatable bonds is 8. The lowest BCUT2D eigenvalue weighted by Crippen LogP contribution is -2.37. The van der Waals surface area contributed by atoms with Crippen LogP contribution in [0.4, 0.5) is 0 Å². The standard InChI is InChI=1S/C26H26N4O3/c1-2-33-21-10-8-19(9-11-21)22-18-23-24(31)29(16-17-30(23)28-22)15-14-27-25(32)26(12-13-26)20-6-4-3-5-7-20/h3-11,16-18H,2,12-15H2,1H3,(H,27,32). The molecule has 0 unspecified atom stereocenters. The van der Waals surface area contributed by atoms with Crippen LogP contribution in [0.1, 0.15) is 25.3 Å². The average molecular weight is 443 g/mol. The predicted molar refractivity (Wildman–Crippen MR) is 126 cm³/mol. The summed E-state index contributed by atoms with van der Waals surface area (Å²) < 4.78 is 8.69. The fraction of sp³-hybridized carbons (Fsp3) is 0.269. The van der Waals surface area contributed by atoms with Crippen molar-refractivity contribution in [2.75, 3.05) is 13.2 Å². The van der Waals surface area contributed by atoms with Gasteiger partial charge in [0.1, 0.15) is 11.3 Å². The van der Waals surface area contributed by atoms with Crippen molar-refractivity contribution in [3.05, 3.63) is 89.0 Å². The highest BCUT2D eigenvalue weighted by atomic mass is 16.5. The van der Waals surface area contributed by atoms with Crippen LogP contribution in [0.2, 0.25) is 0 Å². The number of fused-ring (bicyclic) bond motifs is 1. The van der Waals surface area contributed by atoms with Gasteiger partial charge >= 0.3 is 0 Å². The molecule has 0 atom stereocenters. The van der Waals surface area contributed by atoms with Crippen molar-refractivity contribution in [2.45, 2.75) is 31.7 Å². The number of amides is 1. The van der Waals surface area contributed by atoms with Gasteiger partial charge in [-0.2, -0.15) is 5.10 Å². The number of benzene rings is 2. The van der Waals surface area contributed by atoms with Gasteiger partial charge < -0.3 is 14.6 Å². The maximum atomic E-state index is 13.0. The molecular formula is C26H26N4O3. The number of ether oxygens (including phenoxy) is 1. The van der Waals surface area contributed by atoms with Crippen LogP contribution in [0.5, 0.6) is 5.75 Å². The first-order chi connectivity index (χ1) is 16.1. The second kappa shape index (κ2) is 8.58. The first-order valence-corrected chi connectivity index (χ1v) is 11.3. The lowest BCUT2D eigenvalue weighted by atomic mass is 9.95. The Hall–Kier alpha value is -3.87. The normalized spacial score (nSPS) is 14.2. The lowest BCUT2D eigenvalue weighted by molar-refractivity contribution is -0.123.